The number of halogens is 1. The molecule has 0 saturated heterocycles. The fraction of sp³-hybridized carbons (Fsp3) is 0.267. The third-order valence-electron chi connectivity index (χ3n) is 3.49. The molecule has 0 atom stereocenters. The monoisotopic (exact) mass is 334 g/mol. The van der Waals surface area contributed by atoms with Crippen molar-refractivity contribution in [3.8, 4) is 0 Å². The molecule has 20 heavy (non-hydrogen) atoms. The van der Waals surface area contributed by atoms with Crippen LogP contribution in [-0.4, -0.2) is 16.8 Å². The number of anilines is 1. The van der Waals surface area contributed by atoms with E-state index < -0.39 is 0 Å². The number of carbonyl (C=O) groups is 1. The van der Waals surface area contributed by atoms with E-state index in [1.54, 1.807) is 6.07 Å². The van der Waals surface area contributed by atoms with Crippen LogP contribution in [-0.2, 0) is 6.54 Å². The molecule has 4 nitrogen and oxygen atoms in total. The Labute approximate surface area is 125 Å². The molecule has 5 heteroatoms. The summed E-state index contributed by atoms with van der Waals surface area (Å²) in [6.45, 7) is 0.536. The Bertz CT molecular complexity index is 634. The highest BCUT2D eigenvalue weighted by Gasteiger charge is 2.34. The van der Waals surface area contributed by atoms with Gasteiger partial charge in [-0.1, -0.05) is 18.2 Å². The molecule has 0 aliphatic heterocycles. The maximum absolute atomic E-state index is 12.6. The number of hydrogen-bond acceptors (Lipinski definition) is 3. The largest absolute Gasteiger partial charge is 0.457 e. The van der Waals surface area contributed by atoms with E-state index in [9.17, 15) is 4.79 Å². The van der Waals surface area contributed by atoms with Crippen molar-refractivity contribution >= 4 is 27.5 Å². The van der Waals surface area contributed by atoms with Crippen LogP contribution >= 0.6 is 15.9 Å². The van der Waals surface area contributed by atoms with Gasteiger partial charge in [0.2, 0.25) is 0 Å². The maximum atomic E-state index is 12.6. The number of nitrogen functional groups attached to an aromatic ring is 1. The van der Waals surface area contributed by atoms with Gasteiger partial charge in [0.05, 0.1) is 11.8 Å². The second-order valence-electron chi connectivity index (χ2n) is 4.97. The van der Waals surface area contributed by atoms with E-state index in [0.717, 1.165) is 24.1 Å². The molecule has 1 heterocycles. The van der Waals surface area contributed by atoms with Crippen molar-refractivity contribution in [2.24, 2.45) is 0 Å². The smallest absolute Gasteiger partial charge is 0.258 e. The lowest BCUT2D eigenvalue weighted by molar-refractivity contribution is 0.0728. The molecular weight excluding hydrogens is 320 g/mol. The molecule has 104 valence electrons. The van der Waals surface area contributed by atoms with Gasteiger partial charge in [-0.05, 0) is 46.5 Å². The summed E-state index contributed by atoms with van der Waals surface area (Å²) in [5.74, 6) is -0.0172. The number of nitrogens with two attached hydrogens (primary N) is 1. The summed E-state index contributed by atoms with van der Waals surface area (Å²) in [5, 5.41) is 0. The van der Waals surface area contributed by atoms with Crippen molar-refractivity contribution in [1.82, 2.24) is 4.90 Å². The van der Waals surface area contributed by atoms with Gasteiger partial charge in [0.1, 0.15) is 0 Å². The molecule has 0 spiro atoms. The molecule has 0 bridgehead atoms. The highest BCUT2D eigenvalue weighted by atomic mass is 79.9. The van der Waals surface area contributed by atoms with E-state index in [-0.39, 0.29) is 5.91 Å². The zero-order chi connectivity index (χ0) is 14.1. The molecule has 2 aromatic rings. The standard InChI is InChI=1S/C15H15BrN2O2/c16-14-12(7-8-20-14)15(19)18(11-5-6-11)9-10-3-1-2-4-13(10)17/h1-4,7-8,11H,5-6,9,17H2. The third-order valence-corrected chi connectivity index (χ3v) is 4.11. The Morgan fingerprint density at radius 2 is 2.10 bits per heavy atom. The first-order chi connectivity index (χ1) is 9.66. The lowest BCUT2D eigenvalue weighted by atomic mass is 10.1. The number of carbonyl (C=O) groups excluding carboxylic acids is 1. The number of benzene rings is 1. The van der Waals surface area contributed by atoms with Crippen LogP contribution < -0.4 is 5.73 Å². The number of rotatable bonds is 4. The fourth-order valence-electron chi connectivity index (χ4n) is 2.22. The predicted molar refractivity (Wildman–Crippen MR) is 80.2 cm³/mol. The highest BCUT2D eigenvalue weighted by molar-refractivity contribution is 9.10. The number of amides is 1. The molecule has 0 unspecified atom stereocenters. The predicted octanol–water partition coefficient (Wildman–Crippen LogP) is 3.43. The first-order valence-electron chi connectivity index (χ1n) is 6.54. The lowest BCUT2D eigenvalue weighted by Gasteiger charge is -2.23. The van der Waals surface area contributed by atoms with Gasteiger partial charge >= 0.3 is 0 Å². The number of nitrogens with zero attached hydrogens (tertiary/aromatic N) is 1. The zero-order valence-electron chi connectivity index (χ0n) is 10.9. The Morgan fingerprint density at radius 1 is 1.35 bits per heavy atom. The summed E-state index contributed by atoms with van der Waals surface area (Å²) in [6, 6.07) is 9.66. The van der Waals surface area contributed by atoms with E-state index in [1.165, 1.54) is 6.26 Å². The fourth-order valence-corrected chi connectivity index (χ4v) is 2.63. The van der Waals surface area contributed by atoms with Crippen LogP contribution in [0.5, 0.6) is 0 Å². The van der Waals surface area contributed by atoms with Crippen molar-refractivity contribution < 1.29 is 9.21 Å². The summed E-state index contributed by atoms with van der Waals surface area (Å²) in [4.78, 5) is 14.5. The van der Waals surface area contributed by atoms with Crippen LogP contribution in [0.1, 0.15) is 28.8 Å². The summed E-state index contributed by atoms with van der Waals surface area (Å²) in [5.41, 5.74) is 8.23. The van der Waals surface area contributed by atoms with Crippen molar-refractivity contribution in [3.05, 3.63) is 52.4 Å². The van der Waals surface area contributed by atoms with Crippen LogP contribution in [0.4, 0.5) is 5.69 Å². The third kappa shape index (κ3) is 2.58. The van der Waals surface area contributed by atoms with Crippen molar-refractivity contribution in [2.45, 2.75) is 25.4 Å². The minimum atomic E-state index is -0.0172. The zero-order valence-corrected chi connectivity index (χ0v) is 12.5. The summed E-state index contributed by atoms with van der Waals surface area (Å²) in [7, 11) is 0. The van der Waals surface area contributed by atoms with Gasteiger partial charge in [0, 0.05) is 18.3 Å². The Kier molecular flexibility index (Phi) is 3.53. The average molecular weight is 335 g/mol. The van der Waals surface area contributed by atoms with Crippen molar-refractivity contribution in [1.29, 1.82) is 0 Å². The topological polar surface area (TPSA) is 59.5 Å². The second-order valence-corrected chi connectivity index (χ2v) is 5.69. The Hall–Kier alpha value is -1.75. The molecule has 1 amide bonds. The van der Waals surface area contributed by atoms with Gasteiger partial charge < -0.3 is 15.1 Å². The van der Waals surface area contributed by atoms with E-state index in [1.807, 2.05) is 29.2 Å². The summed E-state index contributed by atoms with van der Waals surface area (Å²) >= 11 is 3.27. The molecule has 1 aromatic heterocycles. The quantitative estimate of drug-likeness (QED) is 0.871. The van der Waals surface area contributed by atoms with Gasteiger partial charge in [-0.25, -0.2) is 0 Å². The van der Waals surface area contributed by atoms with Crippen molar-refractivity contribution in [2.75, 3.05) is 5.73 Å². The molecule has 2 N–H and O–H groups in total. The van der Waals surface area contributed by atoms with Crippen LogP contribution in [0, 0.1) is 0 Å². The van der Waals surface area contributed by atoms with Crippen LogP contribution in [0.3, 0.4) is 0 Å². The molecule has 1 aliphatic rings. The molecule has 1 saturated carbocycles. The first-order valence-corrected chi connectivity index (χ1v) is 7.33. The van der Waals surface area contributed by atoms with E-state index in [4.69, 9.17) is 10.2 Å². The van der Waals surface area contributed by atoms with Crippen LogP contribution in [0.15, 0.2) is 45.7 Å². The SMILES string of the molecule is Nc1ccccc1CN(C(=O)c1ccoc1Br)C1CC1. The molecule has 0 radical (unpaired) electrons. The van der Waals surface area contributed by atoms with Gasteiger partial charge in [-0.2, -0.15) is 0 Å². The minimum absolute atomic E-state index is 0.0172. The van der Waals surface area contributed by atoms with Gasteiger partial charge in [-0.3, -0.25) is 4.79 Å². The normalized spacial score (nSPS) is 14.2. The number of furan rings is 1. The highest BCUT2D eigenvalue weighted by Crippen LogP contribution is 2.32. The molecule has 1 aliphatic carbocycles. The Balaban J connectivity index is 1.85. The van der Waals surface area contributed by atoms with E-state index in [0.29, 0.717) is 22.8 Å². The summed E-state index contributed by atoms with van der Waals surface area (Å²) < 4.78 is 5.64. The number of para-hydroxylation sites is 1. The number of hydrogen-bond donors (Lipinski definition) is 1. The van der Waals surface area contributed by atoms with Gasteiger partial charge in [0.15, 0.2) is 4.67 Å². The van der Waals surface area contributed by atoms with E-state index >= 15 is 0 Å². The molecule has 1 fully saturated rings. The molecular formula is C15H15BrN2O2. The Morgan fingerprint density at radius 3 is 2.70 bits per heavy atom. The lowest BCUT2D eigenvalue weighted by Crippen LogP contribution is -2.32. The maximum Gasteiger partial charge on any atom is 0.258 e. The van der Waals surface area contributed by atoms with Gasteiger partial charge in [-0.15, -0.1) is 0 Å². The van der Waals surface area contributed by atoms with Crippen LogP contribution in [0.25, 0.3) is 0 Å². The molecule has 3 rings (SSSR count). The molecule has 1 aromatic carbocycles. The van der Waals surface area contributed by atoms with E-state index in [2.05, 4.69) is 15.9 Å². The van der Waals surface area contributed by atoms with Gasteiger partial charge in [0.25, 0.3) is 5.91 Å². The first kappa shape index (κ1) is 13.2. The van der Waals surface area contributed by atoms with Crippen molar-refractivity contribution in [3.63, 3.8) is 0 Å². The average Bonchev–Trinajstić information content (AvgIpc) is 3.19. The second kappa shape index (κ2) is 5.32. The van der Waals surface area contributed by atoms with Crippen LogP contribution in [0.2, 0.25) is 0 Å². The summed E-state index contributed by atoms with van der Waals surface area (Å²) in [6.07, 6.45) is 3.61. The minimum Gasteiger partial charge on any atom is -0.457 e.